The molecule has 0 saturated heterocycles. The topological polar surface area (TPSA) is 43.6 Å². The van der Waals surface area contributed by atoms with Gasteiger partial charge in [-0.15, -0.1) is 0 Å². The summed E-state index contributed by atoms with van der Waals surface area (Å²) in [5, 5.41) is 0. The predicted molar refractivity (Wildman–Crippen MR) is 70.9 cm³/mol. The van der Waals surface area contributed by atoms with E-state index in [0.717, 1.165) is 33.9 Å². The molecule has 0 atom stereocenters. The van der Waals surface area contributed by atoms with E-state index in [1.807, 2.05) is 39.0 Å². The van der Waals surface area contributed by atoms with Gasteiger partial charge in [0, 0.05) is 11.3 Å². The minimum absolute atomic E-state index is 0.911. The minimum Gasteiger partial charge on any atom is -0.280 e. The van der Waals surface area contributed by atoms with E-state index in [0.29, 0.717) is 0 Å². The Kier molecular flexibility index (Phi) is 2.37. The van der Waals surface area contributed by atoms with Crippen molar-refractivity contribution in [2.24, 2.45) is 0 Å². The van der Waals surface area contributed by atoms with Crippen LogP contribution in [0.3, 0.4) is 0 Å². The monoisotopic (exact) mass is 238 g/mol. The van der Waals surface area contributed by atoms with Crippen LogP contribution >= 0.6 is 0 Å². The Morgan fingerprint density at radius 3 is 2.61 bits per heavy atom. The number of aryl methyl sites for hydroxylation is 2. The summed E-state index contributed by atoms with van der Waals surface area (Å²) < 4.78 is 2.08. The molecule has 0 spiro atoms. The molecule has 3 aromatic rings. The average molecular weight is 238 g/mol. The number of fused-ring (bicyclic) bond motifs is 1. The number of hydrogen-bond acceptors (Lipinski definition) is 3. The van der Waals surface area contributed by atoms with E-state index < -0.39 is 0 Å². The maximum atomic E-state index is 4.56. The van der Waals surface area contributed by atoms with Crippen molar-refractivity contribution in [3.8, 4) is 5.82 Å². The second-order valence-corrected chi connectivity index (χ2v) is 4.39. The summed E-state index contributed by atoms with van der Waals surface area (Å²) in [6.07, 6.45) is 1.60. The van der Waals surface area contributed by atoms with Crippen molar-refractivity contribution in [3.05, 3.63) is 47.7 Å². The Balaban J connectivity index is 2.38. The zero-order valence-corrected chi connectivity index (χ0v) is 10.7. The van der Waals surface area contributed by atoms with Crippen LogP contribution in [-0.4, -0.2) is 19.5 Å². The normalized spacial score (nSPS) is 11.1. The number of rotatable bonds is 1. The second kappa shape index (κ2) is 3.91. The molecule has 0 aliphatic carbocycles. The van der Waals surface area contributed by atoms with Gasteiger partial charge in [0.15, 0.2) is 0 Å². The van der Waals surface area contributed by atoms with E-state index in [2.05, 4.69) is 25.6 Å². The van der Waals surface area contributed by atoms with Gasteiger partial charge in [-0.1, -0.05) is 12.1 Å². The smallest absolute Gasteiger partial charge is 0.145 e. The molecule has 0 N–H and O–H groups in total. The summed E-state index contributed by atoms with van der Waals surface area (Å²) in [6.45, 7) is 6.03. The highest BCUT2D eigenvalue weighted by atomic mass is 15.1. The first-order valence-electron chi connectivity index (χ1n) is 5.91. The first kappa shape index (κ1) is 10.9. The summed E-state index contributed by atoms with van der Waals surface area (Å²) in [5.74, 6) is 1.85. The van der Waals surface area contributed by atoms with Crippen molar-refractivity contribution in [2.75, 3.05) is 0 Å². The van der Waals surface area contributed by atoms with Crippen molar-refractivity contribution < 1.29 is 0 Å². The molecule has 0 unspecified atom stereocenters. The fourth-order valence-corrected chi connectivity index (χ4v) is 2.16. The Bertz CT molecular complexity index is 728. The molecule has 2 aromatic heterocycles. The van der Waals surface area contributed by atoms with Gasteiger partial charge in [0.05, 0.1) is 11.0 Å². The zero-order chi connectivity index (χ0) is 12.7. The van der Waals surface area contributed by atoms with E-state index in [-0.39, 0.29) is 0 Å². The Hall–Kier alpha value is -2.23. The zero-order valence-electron chi connectivity index (χ0n) is 10.7. The number of aromatic nitrogens is 4. The van der Waals surface area contributed by atoms with Gasteiger partial charge in [0.1, 0.15) is 18.0 Å². The lowest BCUT2D eigenvalue weighted by Gasteiger charge is -2.10. The number of nitrogens with zero attached hydrogens (tertiary/aromatic N) is 4. The van der Waals surface area contributed by atoms with Crippen LogP contribution < -0.4 is 0 Å². The van der Waals surface area contributed by atoms with Crippen molar-refractivity contribution in [2.45, 2.75) is 20.8 Å². The molecule has 90 valence electrons. The first-order chi connectivity index (χ1) is 8.68. The van der Waals surface area contributed by atoms with Gasteiger partial charge >= 0.3 is 0 Å². The highest BCUT2D eigenvalue weighted by Gasteiger charge is 2.12. The predicted octanol–water partition coefficient (Wildman–Crippen LogP) is 2.74. The van der Waals surface area contributed by atoms with Gasteiger partial charge in [-0.2, -0.15) is 0 Å². The molecule has 4 heteroatoms. The molecule has 0 fully saturated rings. The van der Waals surface area contributed by atoms with Crippen LogP contribution in [0.1, 0.15) is 17.1 Å². The largest absolute Gasteiger partial charge is 0.280 e. The number of imidazole rings is 1. The van der Waals surface area contributed by atoms with Crippen LogP contribution in [0.2, 0.25) is 0 Å². The van der Waals surface area contributed by atoms with Gasteiger partial charge in [0.2, 0.25) is 0 Å². The summed E-state index contributed by atoms with van der Waals surface area (Å²) >= 11 is 0. The lowest BCUT2D eigenvalue weighted by Crippen LogP contribution is -2.05. The van der Waals surface area contributed by atoms with Crippen molar-refractivity contribution in [3.63, 3.8) is 0 Å². The lowest BCUT2D eigenvalue weighted by molar-refractivity contribution is 0.912. The standard InChI is InChI=1S/C14H14N4/c1-9-10(2)15-8-16-14(9)18-11(3)17-12-6-4-5-7-13(12)18/h4-8H,1-3H3. The summed E-state index contributed by atoms with van der Waals surface area (Å²) in [7, 11) is 0. The lowest BCUT2D eigenvalue weighted by atomic mass is 10.2. The quantitative estimate of drug-likeness (QED) is 0.654. The maximum Gasteiger partial charge on any atom is 0.145 e. The molecule has 4 nitrogen and oxygen atoms in total. The molecule has 0 saturated carbocycles. The van der Waals surface area contributed by atoms with E-state index in [1.54, 1.807) is 6.33 Å². The molecule has 0 aliphatic heterocycles. The van der Waals surface area contributed by atoms with Crippen LogP contribution in [-0.2, 0) is 0 Å². The molecule has 0 radical (unpaired) electrons. The van der Waals surface area contributed by atoms with E-state index in [1.165, 1.54) is 0 Å². The summed E-state index contributed by atoms with van der Waals surface area (Å²) in [4.78, 5) is 13.2. The van der Waals surface area contributed by atoms with Crippen LogP contribution in [0, 0.1) is 20.8 Å². The van der Waals surface area contributed by atoms with Gasteiger partial charge < -0.3 is 0 Å². The fourth-order valence-electron chi connectivity index (χ4n) is 2.16. The van der Waals surface area contributed by atoms with Gasteiger partial charge in [-0.25, -0.2) is 15.0 Å². The SMILES string of the molecule is Cc1ncnc(-n2c(C)nc3ccccc32)c1C. The third kappa shape index (κ3) is 1.49. The van der Waals surface area contributed by atoms with Gasteiger partial charge in [0.25, 0.3) is 0 Å². The molecule has 18 heavy (non-hydrogen) atoms. The molecule has 0 aliphatic rings. The van der Waals surface area contributed by atoms with E-state index in [9.17, 15) is 0 Å². The van der Waals surface area contributed by atoms with Crippen molar-refractivity contribution in [1.29, 1.82) is 0 Å². The van der Waals surface area contributed by atoms with Crippen molar-refractivity contribution in [1.82, 2.24) is 19.5 Å². The molecular weight excluding hydrogens is 224 g/mol. The van der Waals surface area contributed by atoms with Crippen LogP contribution in [0.15, 0.2) is 30.6 Å². The maximum absolute atomic E-state index is 4.56. The Morgan fingerprint density at radius 1 is 1.00 bits per heavy atom. The highest BCUT2D eigenvalue weighted by Crippen LogP contribution is 2.22. The van der Waals surface area contributed by atoms with Gasteiger partial charge in [-0.05, 0) is 32.9 Å². The summed E-state index contributed by atoms with van der Waals surface area (Å²) in [6, 6.07) is 8.09. The van der Waals surface area contributed by atoms with E-state index >= 15 is 0 Å². The molecule has 2 heterocycles. The highest BCUT2D eigenvalue weighted by molar-refractivity contribution is 5.78. The molecule has 3 rings (SSSR count). The van der Waals surface area contributed by atoms with Crippen LogP contribution in [0.25, 0.3) is 16.9 Å². The number of benzene rings is 1. The molecule has 1 aromatic carbocycles. The fraction of sp³-hybridized carbons (Fsp3) is 0.214. The Morgan fingerprint density at radius 2 is 1.78 bits per heavy atom. The molecule has 0 amide bonds. The third-order valence-electron chi connectivity index (χ3n) is 3.25. The van der Waals surface area contributed by atoms with Crippen LogP contribution in [0.5, 0.6) is 0 Å². The van der Waals surface area contributed by atoms with Crippen LogP contribution in [0.4, 0.5) is 0 Å². The molecular formula is C14H14N4. The minimum atomic E-state index is 0.911. The Labute approximate surface area is 105 Å². The average Bonchev–Trinajstić information content (AvgIpc) is 2.69. The summed E-state index contributed by atoms with van der Waals surface area (Å²) in [5.41, 5.74) is 4.16. The molecule has 0 bridgehead atoms. The number of hydrogen-bond donors (Lipinski definition) is 0. The third-order valence-corrected chi connectivity index (χ3v) is 3.25. The number of para-hydroxylation sites is 2. The first-order valence-corrected chi connectivity index (χ1v) is 5.91. The van der Waals surface area contributed by atoms with Gasteiger partial charge in [-0.3, -0.25) is 4.57 Å². The second-order valence-electron chi connectivity index (χ2n) is 4.39. The van der Waals surface area contributed by atoms with Crippen molar-refractivity contribution >= 4 is 11.0 Å². The van der Waals surface area contributed by atoms with E-state index in [4.69, 9.17) is 0 Å².